The molecule has 0 aliphatic carbocycles. The van der Waals surface area contributed by atoms with E-state index >= 15 is 0 Å². The lowest BCUT2D eigenvalue weighted by atomic mass is 10.1. The van der Waals surface area contributed by atoms with Crippen LogP contribution in [-0.4, -0.2) is 24.5 Å². The Morgan fingerprint density at radius 1 is 1.28 bits per heavy atom. The minimum absolute atomic E-state index is 0. The second-order valence-electron chi connectivity index (χ2n) is 4.86. The van der Waals surface area contributed by atoms with E-state index in [4.69, 9.17) is 0 Å². The van der Waals surface area contributed by atoms with Crippen molar-refractivity contribution in [2.75, 3.05) is 13.6 Å². The number of aliphatic imine (C=N–C) groups is 1. The summed E-state index contributed by atoms with van der Waals surface area (Å²) in [6.45, 7) is 0.648. The molecule has 1 aromatic carbocycles. The largest absolute Gasteiger partial charge is 0.434 e. The zero-order chi connectivity index (χ0) is 17.6. The maximum Gasteiger partial charge on any atom is 0.434 e. The minimum atomic E-state index is -4.43. The van der Waals surface area contributed by atoms with Crippen molar-refractivity contribution in [1.29, 1.82) is 0 Å². The lowest BCUT2D eigenvalue weighted by Gasteiger charge is -2.11. The van der Waals surface area contributed by atoms with Gasteiger partial charge in [0.15, 0.2) is 11.7 Å². The average molecular weight is 488 g/mol. The highest BCUT2D eigenvalue weighted by Crippen LogP contribution is 2.29. The van der Waals surface area contributed by atoms with Crippen LogP contribution in [0.2, 0.25) is 0 Å². The van der Waals surface area contributed by atoms with Gasteiger partial charge in [-0.3, -0.25) is 4.99 Å². The van der Waals surface area contributed by atoms with Crippen LogP contribution in [-0.2, 0) is 19.1 Å². The van der Waals surface area contributed by atoms with Gasteiger partial charge in [-0.05, 0) is 24.1 Å². The number of aromatic nitrogens is 1. The van der Waals surface area contributed by atoms with Gasteiger partial charge in [0, 0.05) is 19.0 Å². The molecular formula is C15H17F4IN4S. The number of hydrogen-bond acceptors (Lipinski definition) is 3. The average Bonchev–Trinajstić information content (AvgIpc) is 3.00. The molecule has 2 aromatic rings. The first-order chi connectivity index (χ1) is 11.4. The maximum absolute atomic E-state index is 13.1. The van der Waals surface area contributed by atoms with Gasteiger partial charge in [0.05, 0.1) is 6.54 Å². The third-order valence-electron chi connectivity index (χ3n) is 3.07. The smallest absolute Gasteiger partial charge is 0.356 e. The Bertz CT molecular complexity index is 703. The first-order valence-electron chi connectivity index (χ1n) is 7.09. The molecule has 1 heterocycles. The molecule has 25 heavy (non-hydrogen) atoms. The molecule has 4 nitrogen and oxygen atoms in total. The van der Waals surface area contributed by atoms with Crippen LogP contribution >= 0.6 is 35.3 Å². The summed E-state index contributed by atoms with van der Waals surface area (Å²) in [6, 6.07) is 6.28. The second-order valence-corrected chi connectivity index (χ2v) is 5.80. The number of guanidine groups is 1. The Morgan fingerprint density at radius 2 is 2.04 bits per heavy atom. The van der Waals surface area contributed by atoms with E-state index in [2.05, 4.69) is 20.6 Å². The summed E-state index contributed by atoms with van der Waals surface area (Å²) in [5.41, 5.74) is -0.0500. The Kier molecular flexibility index (Phi) is 8.56. The van der Waals surface area contributed by atoms with Crippen molar-refractivity contribution in [3.63, 3.8) is 0 Å². The summed E-state index contributed by atoms with van der Waals surface area (Å²) in [4.78, 5) is 7.51. The highest BCUT2D eigenvalue weighted by Gasteiger charge is 2.33. The summed E-state index contributed by atoms with van der Waals surface area (Å²) in [5.74, 6) is 0.148. The molecule has 0 atom stereocenters. The summed E-state index contributed by atoms with van der Waals surface area (Å²) >= 11 is 0.933. The number of alkyl halides is 3. The molecule has 0 aliphatic heterocycles. The van der Waals surface area contributed by atoms with Crippen LogP contribution in [0, 0.1) is 5.82 Å². The first kappa shape index (κ1) is 21.6. The molecule has 0 saturated heterocycles. The molecule has 0 bridgehead atoms. The number of thiazole rings is 1. The van der Waals surface area contributed by atoms with Gasteiger partial charge in [-0.2, -0.15) is 13.2 Å². The van der Waals surface area contributed by atoms with Crippen molar-refractivity contribution in [2.45, 2.75) is 19.1 Å². The van der Waals surface area contributed by atoms with E-state index in [0.29, 0.717) is 23.9 Å². The lowest BCUT2D eigenvalue weighted by Crippen LogP contribution is -2.37. The van der Waals surface area contributed by atoms with Gasteiger partial charge in [0.1, 0.15) is 10.8 Å². The van der Waals surface area contributed by atoms with Crippen molar-refractivity contribution in [3.8, 4) is 0 Å². The third kappa shape index (κ3) is 7.14. The van der Waals surface area contributed by atoms with Crippen molar-refractivity contribution < 1.29 is 17.6 Å². The normalized spacial score (nSPS) is 11.8. The Morgan fingerprint density at radius 3 is 2.64 bits per heavy atom. The van der Waals surface area contributed by atoms with Gasteiger partial charge >= 0.3 is 6.18 Å². The van der Waals surface area contributed by atoms with E-state index in [0.717, 1.165) is 22.3 Å². The van der Waals surface area contributed by atoms with E-state index in [9.17, 15) is 17.6 Å². The van der Waals surface area contributed by atoms with E-state index in [-0.39, 0.29) is 36.3 Å². The molecule has 0 spiro atoms. The van der Waals surface area contributed by atoms with Crippen molar-refractivity contribution in [3.05, 3.63) is 51.7 Å². The molecule has 0 amide bonds. The summed E-state index contributed by atoms with van der Waals surface area (Å²) < 4.78 is 50.5. The van der Waals surface area contributed by atoms with Gasteiger partial charge in [0.25, 0.3) is 0 Å². The third-order valence-corrected chi connectivity index (χ3v) is 3.92. The molecule has 0 unspecified atom stereocenters. The number of halogens is 5. The van der Waals surface area contributed by atoms with E-state index in [1.165, 1.54) is 12.1 Å². The van der Waals surface area contributed by atoms with Crippen molar-refractivity contribution >= 4 is 41.3 Å². The Balaban J connectivity index is 0.00000312. The highest BCUT2D eigenvalue weighted by molar-refractivity contribution is 14.0. The van der Waals surface area contributed by atoms with Gasteiger partial charge in [-0.15, -0.1) is 35.3 Å². The quantitative estimate of drug-likeness (QED) is 0.291. The first-order valence-corrected chi connectivity index (χ1v) is 7.97. The summed E-state index contributed by atoms with van der Waals surface area (Å²) in [7, 11) is 1.56. The maximum atomic E-state index is 13.1. The highest BCUT2D eigenvalue weighted by atomic mass is 127. The number of benzene rings is 1. The number of rotatable bonds is 5. The Labute approximate surface area is 163 Å². The molecule has 1 aromatic heterocycles. The van der Waals surface area contributed by atoms with Gasteiger partial charge < -0.3 is 10.6 Å². The zero-order valence-electron chi connectivity index (χ0n) is 13.2. The number of nitrogens with zero attached hydrogens (tertiary/aromatic N) is 2. The number of nitrogens with one attached hydrogen (secondary N) is 2. The fourth-order valence-electron chi connectivity index (χ4n) is 1.92. The molecule has 0 aliphatic rings. The molecule has 0 radical (unpaired) electrons. The van der Waals surface area contributed by atoms with Crippen LogP contribution in [0.3, 0.4) is 0 Å². The van der Waals surface area contributed by atoms with Gasteiger partial charge in [-0.25, -0.2) is 9.37 Å². The van der Waals surface area contributed by atoms with E-state index in [1.54, 1.807) is 13.1 Å². The standard InChI is InChI=1S/C15H16F4N4S.HI/c1-20-14(21-6-5-10-3-2-4-11(16)7-10)22-8-13-23-12(9-24-13)15(17,18)19;/h2-4,7,9H,5-6,8H2,1H3,(H2,20,21,22);1H. The molecule has 0 fully saturated rings. The molecule has 10 heteroatoms. The van der Waals surface area contributed by atoms with Gasteiger partial charge in [0.2, 0.25) is 0 Å². The van der Waals surface area contributed by atoms with E-state index < -0.39 is 11.9 Å². The lowest BCUT2D eigenvalue weighted by molar-refractivity contribution is -0.140. The van der Waals surface area contributed by atoms with Gasteiger partial charge in [-0.1, -0.05) is 12.1 Å². The van der Waals surface area contributed by atoms with Crippen LogP contribution in [0.1, 0.15) is 16.3 Å². The number of hydrogen-bond donors (Lipinski definition) is 2. The topological polar surface area (TPSA) is 49.3 Å². The van der Waals surface area contributed by atoms with Crippen LogP contribution in [0.4, 0.5) is 17.6 Å². The Hall–Kier alpha value is -1.43. The molecule has 2 rings (SSSR count). The SMILES string of the molecule is CN=C(NCCc1cccc(F)c1)NCc1nc(C(F)(F)F)cs1.I. The molecule has 2 N–H and O–H groups in total. The summed E-state index contributed by atoms with van der Waals surface area (Å²) in [6.07, 6.45) is -3.84. The molecule has 0 saturated carbocycles. The van der Waals surface area contributed by atoms with Crippen LogP contribution < -0.4 is 10.6 Å². The predicted octanol–water partition coefficient (Wildman–Crippen LogP) is 3.83. The van der Waals surface area contributed by atoms with Crippen LogP contribution in [0.15, 0.2) is 34.6 Å². The van der Waals surface area contributed by atoms with Crippen LogP contribution in [0.25, 0.3) is 0 Å². The second kappa shape index (κ2) is 9.90. The molecular weight excluding hydrogens is 471 g/mol. The zero-order valence-corrected chi connectivity index (χ0v) is 16.4. The summed E-state index contributed by atoms with van der Waals surface area (Å²) in [5, 5.41) is 7.21. The van der Waals surface area contributed by atoms with Crippen molar-refractivity contribution in [2.24, 2.45) is 4.99 Å². The fourth-order valence-corrected chi connectivity index (χ4v) is 2.66. The predicted molar refractivity (Wildman–Crippen MR) is 101 cm³/mol. The van der Waals surface area contributed by atoms with E-state index in [1.807, 2.05) is 6.07 Å². The fraction of sp³-hybridized carbons (Fsp3) is 0.333. The van der Waals surface area contributed by atoms with Crippen LogP contribution in [0.5, 0.6) is 0 Å². The minimum Gasteiger partial charge on any atom is -0.356 e. The molecule has 138 valence electrons. The monoisotopic (exact) mass is 488 g/mol. The van der Waals surface area contributed by atoms with Crippen molar-refractivity contribution in [1.82, 2.24) is 15.6 Å².